The van der Waals surface area contributed by atoms with Crippen LogP contribution in [0.1, 0.15) is 11.1 Å². The quantitative estimate of drug-likeness (QED) is 0.584. The van der Waals surface area contributed by atoms with Crippen LogP contribution in [0.15, 0.2) is 30.3 Å². The molecule has 2 aromatic rings. The number of halogens is 1. The third-order valence-corrected chi connectivity index (χ3v) is 4.48. The van der Waals surface area contributed by atoms with E-state index in [2.05, 4.69) is 27.9 Å². The fourth-order valence-electron chi connectivity index (χ4n) is 2.62. The number of amides is 1. The number of carbonyl (C=O) groups is 1. The molecule has 1 aliphatic rings. The van der Waals surface area contributed by atoms with Gasteiger partial charge in [0.2, 0.25) is 0 Å². The van der Waals surface area contributed by atoms with Gasteiger partial charge in [0.05, 0.1) is 26.9 Å². The van der Waals surface area contributed by atoms with E-state index in [1.165, 1.54) is 0 Å². The molecular formula is C18H16INO4. The van der Waals surface area contributed by atoms with Crippen LogP contribution in [0.3, 0.4) is 0 Å². The molecule has 0 radical (unpaired) electrons. The van der Waals surface area contributed by atoms with Crippen LogP contribution in [0.2, 0.25) is 0 Å². The molecule has 1 aliphatic heterocycles. The smallest absolute Gasteiger partial charge is 0.256 e. The van der Waals surface area contributed by atoms with Gasteiger partial charge in [0.1, 0.15) is 17.2 Å². The number of nitrogens with one attached hydrogen (secondary N) is 1. The molecule has 0 atom stereocenters. The van der Waals surface area contributed by atoms with Crippen LogP contribution < -0.4 is 19.5 Å². The summed E-state index contributed by atoms with van der Waals surface area (Å²) >= 11 is 2.23. The first-order valence-electron chi connectivity index (χ1n) is 7.20. The Hall–Kier alpha value is -2.22. The van der Waals surface area contributed by atoms with Crippen molar-refractivity contribution < 1.29 is 19.0 Å². The lowest BCUT2D eigenvalue weighted by Gasteiger charge is -2.13. The molecule has 124 valence electrons. The summed E-state index contributed by atoms with van der Waals surface area (Å²) in [6, 6.07) is 9.35. The molecule has 0 aromatic heterocycles. The van der Waals surface area contributed by atoms with Crippen LogP contribution in [0.5, 0.6) is 17.2 Å². The van der Waals surface area contributed by atoms with E-state index in [9.17, 15) is 4.79 Å². The maximum absolute atomic E-state index is 12.4. The molecule has 24 heavy (non-hydrogen) atoms. The zero-order valence-electron chi connectivity index (χ0n) is 13.5. The minimum atomic E-state index is -0.146. The average molecular weight is 437 g/mol. The number of carbonyl (C=O) groups excluding carboxylic acids is 1. The lowest BCUT2D eigenvalue weighted by atomic mass is 10.0. The Morgan fingerprint density at radius 1 is 1.00 bits per heavy atom. The normalized spacial score (nSPS) is 14.3. The van der Waals surface area contributed by atoms with E-state index in [0.717, 1.165) is 14.8 Å². The van der Waals surface area contributed by atoms with E-state index in [1.807, 2.05) is 18.2 Å². The van der Waals surface area contributed by atoms with E-state index in [4.69, 9.17) is 14.2 Å². The molecular weight excluding hydrogens is 421 g/mol. The Morgan fingerprint density at radius 2 is 1.67 bits per heavy atom. The van der Waals surface area contributed by atoms with Crippen LogP contribution in [0, 0.1) is 3.57 Å². The van der Waals surface area contributed by atoms with Crippen molar-refractivity contribution in [2.45, 2.75) is 0 Å². The molecule has 5 nitrogen and oxygen atoms in total. The van der Waals surface area contributed by atoms with Gasteiger partial charge < -0.3 is 19.5 Å². The van der Waals surface area contributed by atoms with Gasteiger partial charge in [0.25, 0.3) is 5.91 Å². The van der Waals surface area contributed by atoms with Crippen LogP contribution in [-0.2, 0) is 4.79 Å². The summed E-state index contributed by atoms with van der Waals surface area (Å²) in [6.07, 6.45) is 1.79. The van der Waals surface area contributed by atoms with Crippen molar-refractivity contribution in [1.29, 1.82) is 0 Å². The van der Waals surface area contributed by atoms with Gasteiger partial charge in [-0.2, -0.15) is 0 Å². The summed E-state index contributed by atoms with van der Waals surface area (Å²) < 4.78 is 17.2. The van der Waals surface area contributed by atoms with Crippen LogP contribution in [0.4, 0.5) is 5.69 Å². The minimum absolute atomic E-state index is 0.146. The number of anilines is 1. The summed E-state index contributed by atoms with van der Waals surface area (Å²) in [7, 11) is 4.72. The zero-order valence-corrected chi connectivity index (χ0v) is 15.6. The van der Waals surface area contributed by atoms with E-state index >= 15 is 0 Å². The predicted molar refractivity (Wildman–Crippen MR) is 102 cm³/mol. The Kier molecular flexibility index (Phi) is 4.66. The lowest BCUT2D eigenvalue weighted by molar-refractivity contribution is -0.110. The molecule has 1 amide bonds. The molecule has 2 aromatic carbocycles. The van der Waals surface area contributed by atoms with Crippen molar-refractivity contribution in [3.63, 3.8) is 0 Å². The Morgan fingerprint density at radius 3 is 2.25 bits per heavy atom. The van der Waals surface area contributed by atoms with Crippen molar-refractivity contribution in [3.8, 4) is 17.2 Å². The number of hydrogen-bond acceptors (Lipinski definition) is 4. The number of benzene rings is 2. The SMILES string of the molecule is COc1cc(OC)c(/C=C2/C(=O)Nc3ccc(I)cc32)c(OC)c1. The van der Waals surface area contributed by atoms with Crippen molar-refractivity contribution in [1.82, 2.24) is 0 Å². The fraction of sp³-hybridized carbons (Fsp3) is 0.167. The van der Waals surface area contributed by atoms with Gasteiger partial charge in [-0.25, -0.2) is 0 Å². The summed E-state index contributed by atoms with van der Waals surface area (Å²) in [4.78, 5) is 12.4. The molecule has 0 saturated carbocycles. The highest BCUT2D eigenvalue weighted by atomic mass is 127. The highest BCUT2D eigenvalue weighted by molar-refractivity contribution is 14.1. The number of rotatable bonds is 4. The molecule has 3 rings (SSSR count). The Labute approximate surface area is 153 Å². The summed E-state index contributed by atoms with van der Waals surface area (Å²) in [6.45, 7) is 0. The van der Waals surface area contributed by atoms with Crippen molar-refractivity contribution >= 4 is 45.8 Å². The van der Waals surface area contributed by atoms with Crippen LogP contribution in [-0.4, -0.2) is 27.2 Å². The first-order chi connectivity index (χ1) is 11.6. The number of methoxy groups -OCH3 is 3. The van der Waals surface area contributed by atoms with Crippen LogP contribution >= 0.6 is 22.6 Å². The Balaban J connectivity index is 2.19. The molecule has 1 heterocycles. The molecule has 6 heteroatoms. The molecule has 0 aliphatic carbocycles. The van der Waals surface area contributed by atoms with Gasteiger partial charge in [-0.3, -0.25) is 4.79 Å². The maximum atomic E-state index is 12.4. The summed E-state index contributed by atoms with van der Waals surface area (Å²) in [5.74, 6) is 1.62. The van der Waals surface area contributed by atoms with Gasteiger partial charge in [0, 0.05) is 32.5 Å². The van der Waals surface area contributed by atoms with Crippen LogP contribution in [0.25, 0.3) is 11.6 Å². The molecule has 1 N–H and O–H groups in total. The number of ether oxygens (including phenoxy) is 3. The highest BCUT2D eigenvalue weighted by Crippen LogP contribution is 2.40. The molecule has 0 unspecified atom stereocenters. The second-order valence-corrected chi connectivity index (χ2v) is 6.39. The van der Waals surface area contributed by atoms with Crippen molar-refractivity contribution in [2.75, 3.05) is 26.6 Å². The highest BCUT2D eigenvalue weighted by Gasteiger charge is 2.25. The first-order valence-corrected chi connectivity index (χ1v) is 8.28. The van der Waals surface area contributed by atoms with E-state index in [0.29, 0.717) is 28.4 Å². The predicted octanol–water partition coefficient (Wildman–Crippen LogP) is 3.81. The molecule has 0 fully saturated rings. The number of fused-ring (bicyclic) bond motifs is 1. The lowest BCUT2D eigenvalue weighted by Crippen LogP contribution is -2.04. The van der Waals surface area contributed by atoms with Gasteiger partial charge >= 0.3 is 0 Å². The third kappa shape index (κ3) is 2.93. The van der Waals surface area contributed by atoms with Gasteiger partial charge in [0.15, 0.2) is 0 Å². The van der Waals surface area contributed by atoms with Gasteiger partial charge in [-0.05, 0) is 46.9 Å². The molecule has 0 bridgehead atoms. The summed E-state index contributed by atoms with van der Waals surface area (Å²) in [5.41, 5.74) is 2.94. The fourth-order valence-corrected chi connectivity index (χ4v) is 3.11. The molecule has 0 saturated heterocycles. The largest absolute Gasteiger partial charge is 0.496 e. The van der Waals surface area contributed by atoms with Gasteiger partial charge in [-0.1, -0.05) is 0 Å². The van der Waals surface area contributed by atoms with Crippen molar-refractivity contribution in [2.24, 2.45) is 0 Å². The van der Waals surface area contributed by atoms with E-state index in [1.54, 1.807) is 39.5 Å². The van der Waals surface area contributed by atoms with Gasteiger partial charge in [-0.15, -0.1) is 0 Å². The zero-order chi connectivity index (χ0) is 17.3. The topological polar surface area (TPSA) is 56.8 Å². The Bertz CT molecular complexity index is 820. The third-order valence-electron chi connectivity index (χ3n) is 3.81. The second kappa shape index (κ2) is 6.72. The number of hydrogen-bond donors (Lipinski definition) is 1. The maximum Gasteiger partial charge on any atom is 0.256 e. The van der Waals surface area contributed by atoms with E-state index < -0.39 is 0 Å². The second-order valence-electron chi connectivity index (χ2n) is 5.15. The summed E-state index contributed by atoms with van der Waals surface area (Å²) in [5, 5.41) is 2.88. The standard InChI is InChI=1S/C18H16INO4/c1-22-11-7-16(23-2)14(17(8-11)24-3)9-13-12-6-10(19)4-5-15(12)20-18(13)21/h4-9H,1-3H3,(H,20,21)/b13-9+. The monoisotopic (exact) mass is 437 g/mol. The molecule has 0 spiro atoms. The average Bonchev–Trinajstić information content (AvgIpc) is 2.90. The van der Waals surface area contributed by atoms with Crippen molar-refractivity contribution in [3.05, 3.63) is 45.0 Å². The minimum Gasteiger partial charge on any atom is -0.496 e. The first kappa shape index (κ1) is 16.6. The van der Waals surface area contributed by atoms with E-state index in [-0.39, 0.29) is 5.91 Å².